The van der Waals surface area contributed by atoms with Crippen LogP contribution < -0.4 is 4.74 Å². The van der Waals surface area contributed by atoms with Crippen LogP contribution in [0.15, 0.2) is 78.9 Å². The first kappa shape index (κ1) is 22.4. The van der Waals surface area contributed by atoms with Crippen molar-refractivity contribution in [3.8, 4) is 5.75 Å². The van der Waals surface area contributed by atoms with Crippen molar-refractivity contribution in [3.05, 3.63) is 101 Å². The molecule has 0 spiro atoms. The second-order valence-corrected chi connectivity index (χ2v) is 8.26. The van der Waals surface area contributed by atoms with Gasteiger partial charge in [-0.05, 0) is 61.5 Å². The summed E-state index contributed by atoms with van der Waals surface area (Å²) in [6.07, 6.45) is 0.772. The van der Waals surface area contributed by atoms with Crippen LogP contribution in [0.4, 0.5) is 0 Å². The molecule has 158 valence electrons. The molecule has 2 atom stereocenters. The minimum Gasteiger partial charge on any atom is -0.492 e. The number of rotatable bonds is 9. The Morgan fingerprint density at radius 2 is 1.50 bits per heavy atom. The Labute approximate surface area is 184 Å². The van der Waals surface area contributed by atoms with Crippen molar-refractivity contribution in [2.75, 3.05) is 27.2 Å². The van der Waals surface area contributed by atoms with Crippen molar-refractivity contribution in [1.82, 2.24) is 4.90 Å². The second-order valence-electron chi connectivity index (χ2n) is 7.82. The number of hydrogen-bond donors (Lipinski definition) is 1. The minimum atomic E-state index is -1.17. The van der Waals surface area contributed by atoms with E-state index in [1.807, 2.05) is 93.0 Å². The van der Waals surface area contributed by atoms with Crippen molar-refractivity contribution >= 4 is 11.6 Å². The fourth-order valence-corrected chi connectivity index (χ4v) is 4.01. The van der Waals surface area contributed by atoms with Crippen molar-refractivity contribution in [2.45, 2.75) is 24.9 Å². The molecular weight excluding hydrogens is 394 g/mol. The van der Waals surface area contributed by atoms with Crippen LogP contribution in [0.1, 0.15) is 36.0 Å². The minimum absolute atomic E-state index is 0.127. The van der Waals surface area contributed by atoms with E-state index in [0.717, 1.165) is 35.4 Å². The highest BCUT2D eigenvalue weighted by atomic mass is 35.5. The first-order chi connectivity index (χ1) is 14.4. The fourth-order valence-electron chi connectivity index (χ4n) is 3.88. The van der Waals surface area contributed by atoms with Crippen LogP contribution in [0.2, 0.25) is 5.02 Å². The lowest BCUT2D eigenvalue weighted by Gasteiger charge is -2.37. The monoisotopic (exact) mass is 423 g/mol. The maximum atomic E-state index is 12.2. The normalized spacial score (nSPS) is 14.3. The smallest absolute Gasteiger partial charge is 0.121 e. The quantitative estimate of drug-likeness (QED) is 0.478. The zero-order valence-electron chi connectivity index (χ0n) is 17.9. The Kier molecular flexibility index (Phi) is 7.54. The van der Waals surface area contributed by atoms with E-state index in [-0.39, 0.29) is 5.92 Å². The maximum absolute atomic E-state index is 12.2. The summed E-state index contributed by atoms with van der Waals surface area (Å²) in [5.74, 6) is 0.674. The van der Waals surface area contributed by atoms with Gasteiger partial charge in [-0.15, -0.1) is 0 Å². The van der Waals surface area contributed by atoms with Crippen LogP contribution in [-0.4, -0.2) is 37.3 Å². The third kappa shape index (κ3) is 5.04. The number of nitrogens with zero attached hydrogens (tertiary/aromatic N) is 1. The van der Waals surface area contributed by atoms with E-state index in [9.17, 15) is 5.11 Å². The number of ether oxygens (including phenoxy) is 1. The molecule has 0 aliphatic heterocycles. The molecule has 0 radical (unpaired) electrons. The zero-order valence-corrected chi connectivity index (χ0v) is 18.6. The van der Waals surface area contributed by atoms with E-state index in [4.69, 9.17) is 16.3 Å². The summed E-state index contributed by atoms with van der Waals surface area (Å²) >= 11 is 6.11. The van der Waals surface area contributed by atoms with Crippen molar-refractivity contribution in [2.24, 2.45) is 0 Å². The molecule has 0 aliphatic rings. The van der Waals surface area contributed by atoms with Crippen LogP contribution in [0, 0.1) is 0 Å². The summed E-state index contributed by atoms with van der Waals surface area (Å²) < 4.78 is 5.84. The molecule has 3 aromatic carbocycles. The summed E-state index contributed by atoms with van der Waals surface area (Å²) in [7, 11) is 4.04. The molecule has 3 rings (SSSR count). The molecule has 0 aliphatic carbocycles. The van der Waals surface area contributed by atoms with Crippen LogP contribution in [0.3, 0.4) is 0 Å². The summed E-state index contributed by atoms with van der Waals surface area (Å²) in [4.78, 5) is 2.08. The predicted molar refractivity (Wildman–Crippen MR) is 124 cm³/mol. The number of hydrogen-bond acceptors (Lipinski definition) is 3. The highest BCUT2D eigenvalue weighted by Crippen LogP contribution is 2.44. The van der Waals surface area contributed by atoms with E-state index < -0.39 is 5.60 Å². The molecule has 0 fully saturated rings. The predicted octanol–water partition coefficient (Wildman–Crippen LogP) is 5.71. The van der Waals surface area contributed by atoms with E-state index in [1.54, 1.807) is 0 Å². The number of aliphatic hydroxyl groups is 1. The van der Waals surface area contributed by atoms with Crippen LogP contribution in [0.25, 0.3) is 0 Å². The lowest BCUT2D eigenvalue weighted by Crippen LogP contribution is -2.34. The topological polar surface area (TPSA) is 32.7 Å². The van der Waals surface area contributed by atoms with Gasteiger partial charge in [-0.1, -0.05) is 73.1 Å². The van der Waals surface area contributed by atoms with Gasteiger partial charge in [0.05, 0.1) is 0 Å². The Morgan fingerprint density at radius 3 is 2.07 bits per heavy atom. The first-order valence-electron chi connectivity index (χ1n) is 10.4. The summed E-state index contributed by atoms with van der Waals surface area (Å²) in [6.45, 7) is 3.58. The average Bonchev–Trinajstić information content (AvgIpc) is 2.76. The van der Waals surface area contributed by atoms with Gasteiger partial charge in [0, 0.05) is 17.5 Å². The summed E-state index contributed by atoms with van der Waals surface area (Å²) in [5, 5.41) is 12.9. The molecule has 0 heterocycles. The molecule has 0 saturated heterocycles. The Morgan fingerprint density at radius 1 is 0.900 bits per heavy atom. The lowest BCUT2D eigenvalue weighted by molar-refractivity contribution is 0.0476. The molecule has 0 bridgehead atoms. The van der Waals surface area contributed by atoms with Gasteiger partial charge in [-0.25, -0.2) is 0 Å². The molecule has 0 amide bonds. The van der Waals surface area contributed by atoms with Gasteiger partial charge in [-0.3, -0.25) is 0 Å². The van der Waals surface area contributed by atoms with Gasteiger partial charge in [0.2, 0.25) is 0 Å². The zero-order chi connectivity index (χ0) is 21.6. The molecule has 1 N–H and O–H groups in total. The average molecular weight is 424 g/mol. The van der Waals surface area contributed by atoms with Crippen molar-refractivity contribution in [1.29, 1.82) is 0 Å². The van der Waals surface area contributed by atoms with E-state index >= 15 is 0 Å². The van der Waals surface area contributed by atoms with Crippen LogP contribution >= 0.6 is 11.6 Å². The van der Waals surface area contributed by atoms with E-state index in [0.29, 0.717) is 11.6 Å². The number of halogens is 1. The van der Waals surface area contributed by atoms with Gasteiger partial charge >= 0.3 is 0 Å². The highest BCUT2D eigenvalue weighted by Gasteiger charge is 2.40. The third-order valence-corrected chi connectivity index (χ3v) is 5.75. The molecule has 3 aromatic rings. The summed E-state index contributed by atoms with van der Waals surface area (Å²) in [5.41, 5.74) is 1.59. The largest absolute Gasteiger partial charge is 0.492 e. The molecule has 3 nitrogen and oxygen atoms in total. The van der Waals surface area contributed by atoms with Gasteiger partial charge < -0.3 is 14.7 Å². The number of benzene rings is 3. The van der Waals surface area contributed by atoms with Gasteiger partial charge in [-0.2, -0.15) is 0 Å². The van der Waals surface area contributed by atoms with Gasteiger partial charge in [0.1, 0.15) is 18.0 Å². The van der Waals surface area contributed by atoms with Gasteiger partial charge in [0.15, 0.2) is 0 Å². The Balaban J connectivity index is 1.99. The molecule has 0 saturated carbocycles. The van der Waals surface area contributed by atoms with Crippen LogP contribution in [0.5, 0.6) is 5.75 Å². The van der Waals surface area contributed by atoms with Crippen LogP contribution in [-0.2, 0) is 5.60 Å². The Bertz CT molecular complexity index is 910. The van der Waals surface area contributed by atoms with E-state index in [2.05, 4.69) is 11.8 Å². The lowest BCUT2D eigenvalue weighted by atomic mass is 9.72. The molecule has 2 unspecified atom stereocenters. The van der Waals surface area contributed by atoms with Gasteiger partial charge in [0.25, 0.3) is 0 Å². The summed E-state index contributed by atoms with van der Waals surface area (Å²) in [6, 6.07) is 25.5. The third-order valence-electron chi connectivity index (χ3n) is 5.50. The van der Waals surface area contributed by atoms with E-state index in [1.165, 1.54) is 0 Å². The molecule has 4 heteroatoms. The first-order valence-corrected chi connectivity index (χ1v) is 10.7. The molecule has 30 heavy (non-hydrogen) atoms. The Hall–Kier alpha value is -2.33. The second kappa shape index (κ2) is 10.1. The highest BCUT2D eigenvalue weighted by molar-refractivity contribution is 6.30. The maximum Gasteiger partial charge on any atom is 0.121 e. The SMILES string of the molecule is CCC(c1ccc(Cl)cc1)C(O)(c1ccccc1)c1ccc(OCCN(C)C)cc1. The fraction of sp³-hybridized carbons (Fsp3) is 0.308. The molecule has 0 aromatic heterocycles. The van der Waals surface area contributed by atoms with Crippen molar-refractivity contribution in [3.63, 3.8) is 0 Å². The van der Waals surface area contributed by atoms with Crippen molar-refractivity contribution < 1.29 is 9.84 Å². The standard InChI is InChI=1S/C26H30ClNO2/c1-4-25(20-10-14-23(27)15-11-20)26(29,21-8-6-5-7-9-21)22-12-16-24(17-13-22)30-19-18-28(2)3/h5-17,25,29H,4,18-19H2,1-3H3. The molecular formula is C26H30ClNO2. The number of likely N-dealkylation sites (N-methyl/N-ethyl adjacent to an activating group) is 1.